The van der Waals surface area contributed by atoms with Gasteiger partial charge >= 0.3 is 0 Å². The van der Waals surface area contributed by atoms with E-state index >= 15 is 0 Å². The molecular formula is C15H23Cl2N. The molecule has 1 N–H and O–H groups in total. The highest BCUT2D eigenvalue weighted by Gasteiger charge is 2.10. The number of unbranched alkanes of at least 4 members (excludes halogenated alkanes) is 1. The van der Waals surface area contributed by atoms with Crippen molar-refractivity contribution in [3.8, 4) is 0 Å². The van der Waals surface area contributed by atoms with Crippen molar-refractivity contribution in [2.75, 3.05) is 6.54 Å². The summed E-state index contributed by atoms with van der Waals surface area (Å²) in [6.45, 7) is 7.68. The molecule has 1 unspecified atom stereocenters. The molecule has 0 aromatic heterocycles. The Labute approximate surface area is 121 Å². The van der Waals surface area contributed by atoms with Gasteiger partial charge < -0.3 is 5.32 Å². The van der Waals surface area contributed by atoms with Crippen molar-refractivity contribution in [3.63, 3.8) is 0 Å². The number of nitrogens with one attached hydrogen (secondary N) is 1. The molecule has 18 heavy (non-hydrogen) atoms. The zero-order chi connectivity index (χ0) is 13.5. The van der Waals surface area contributed by atoms with Crippen molar-refractivity contribution >= 4 is 23.2 Å². The summed E-state index contributed by atoms with van der Waals surface area (Å²) in [6, 6.07) is 6.04. The average molecular weight is 288 g/mol. The van der Waals surface area contributed by atoms with Crippen LogP contribution >= 0.6 is 23.2 Å². The minimum absolute atomic E-state index is 0.246. The summed E-state index contributed by atoms with van der Waals surface area (Å²) >= 11 is 12.2. The molecule has 0 amide bonds. The maximum atomic E-state index is 6.20. The minimum atomic E-state index is 0.246. The van der Waals surface area contributed by atoms with Crippen LogP contribution in [0.3, 0.4) is 0 Å². The summed E-state index contributed by atoms with van der Waals surface area (Å²) < 4.78 is 0. The molecule has 0 saturated carbocycles. The van der Waals surface area contributed by atoms with Crippen LogP contribution in [0.2, 0.25) is 10.0 Å². The molecule has 1 rings (SSSR count). The molecule has 0 fully saturated rings. The van der Waals surface area contributed by atoms with Gasteiger partial charge in [0, 0.05) is 6.04 Å². The van der Waals surface area contributed by atoms with Gasteiger partial charge in [0.15, 0.2) is 0 Å². The lowest BCUT2D eigenvalue weighted by Crippen LogP contribution is -2.20. The van der Waals surface area contributed by atoms with Gasteiger partial charge in [-0.1, -0.05) is 62.0 Å². The number of hydrogen-bond donors (Lipinski definition) is 1. The molecule has 0 aliphatic heterocycles. The Bertz CT molecular complexity index is 364. The van der Waals surface area contributed by atoms with Crippen molar-refractivity contribution in [2.45, 2.75) is 46.1 Å². The predicted molar refractivity (Wildman–Crippen MR) is 81.6 cm³/mol. The molecule has 0 radical (unpaired) electrons. The SMILES string of the molecule is CC(C)CCCCNC(C)c1cccc(Cl)c1Cl. The van der Waals surface area contributed by atoms with E-state index in [-0.39, 0.29) is 6.04 Å². The summed E-state index contributed by atoms with van der Waals surface area (Å²) in [7, 11) is 0. The lowest BCUT2D eigenvalue weighted by Gasteiger charge is -2.16. The van der Waals surface area contributed by atoms with Crippen molar-refractivity contribution in [3.05, 3.63) is 33.8 Å². The Hall–Kier alpha value is -0.240. The summed E-state index contributed by atoms with van der Waals surface area (Å²) in [5, 5.41) is 4.79. The van der Waals surface area contributed by atoms with E-state index in [0.717, 1.165) is 18.0 Å². The largest absolute Gasteiger partial charge is 0.310 e. The van der Waals surface area contributed by atoms with Crippen LogP contribution in [-0.4, -0.2) is 6.54 Å². The monoisotopic (exact) mass is 287 g/mol. The molecule has 0 aliphatic rings. The molecular weight excluding hydrogens is 265 g/mol. The summed E-state index contributed by atoms with van der Waals surface area (Å²) in [5.41, 5.74) is 1.08. The lowest BCUT2D eigenvalue weighted by atomic mass is 10.1. The molecule has 1 aromatic carbocycles. The first-order valence-corrected chi connectivity index (χ1v) is 7.45. The third kappa shape index (κ3) is 5.17. The molecule has 102 valence electrons. The van der Waals surface area contributed by atoms with E-state index in [1.165, 1.54) is 19.3 Å². The summed E-state index contributed by atoms with van der Waals surface area (Å²) in [6.07, 6.45) is 3.79. The van der Waals surface area contributed by atoms with Crippen LogP contribution < -0.4 is 5.32 Å². The van der Waals surface area contributed by atoms with Crippen molar-refractivity contribution < 1.29 is 0 Å². The van der Waals surface area contributed by atoms with Crippen LogP contribution in [0.25, 0.3) is 0 Å². The molecule has 0 spiro atoms. The summed E-state index contributed by atoms with van der Waals surface area (Å²) in [4.78, 5) is 0. The van der Waals surface area contributed by atoms with Gasteiger partial charge in [0.2, 0.25) is 0 Å². The molecule has 1 aromatic rings. The Morgan fingerprint density at radius 3 is 2.50 bits per heavy atom. The quantitative estimate of drug-likeness (QED) is 0.656. The maximum absolute atomic E-state index is 6.20. The van der Waals surface area contributed by atoms with Gasteiger partial charge in [-0.3, -0.25) is 0 Å². The van der Waals surface area contributed by atoms with E-state index in [9.17, 15) is 0 Å². The van der Waals surface area contributed by atoms with E-state index in [0.29, 0.717) is 10.0 Å². The molecule has 0 heterocycles. The fraction of sp³-hybridized carbons (Fsp3) is 0.600. The first kappa shape index (κ1) is 15.8. The van der Waals surface area contributed by atoms with E-state index < -0.39 is 0 Å². The molecule has 1 nitrogen and oxygen atoms in total. The Morgan fingerprint density at radius 2 is 1.83 bits per heavy atom. The zero-order valence-corrected chi connectivity index (χ0v) is 13.0. The van der Waals surface area contributed by atoms with Crippen LogP contribution in [0.1, 0.15) is 51.6 Å². The molecule has 1 atom stereocenters. The Kier molecular flexibility index (Phi) is 7.06. The Balaban J connectivity index is 2.36. The van der Waals surface area contributed by atoms with E-state index in [4.69, 9.17) is 23.2 Å². The van der Waals surface area contributed by atoms with Crippen molar-refractivity contribution in [1.82, 2.24) is 5.32 Å². The number of hydrogen-bond acceptors (Lipinski definition) is 1. The highest BCUT2D eigenvalue weighted by atomic mass is 35.5. The normalized spacial score (nSPS) is 13.0. The zero-order valence-electron chi connectivity index (χ0n) is 11.5. The van der Waals surface area contributed by atoms with Crippen molar-refractivity contribution in [2.24, 2.45) is 5.92 Å². The molecule has 0 bridgehead atoms. The van der Waals surface area contributed by atoms with E-state index in [1.54, 1.807) is 0 Å². The van der Waals surface area contributed by atoms with Gasteiger partial charge in [-0.2, -0.15) is 0 Å². The number of halogens is 2. The van der Waals surface area contributed by atoms with Crippen molar-refractivity contribution in [1.29, 1.82) is 0 Å². The number of rotatable bonds is 7. The summed E-state index contributed by atoms with van der Waals surface area (Å²) in [5.74, 6) is 0.796. The number of benzene rings is 1. The van der Waals surface area contributed by atoms with Gasteiger partial charge in [-0.25, -0.2) is 0 Å². The lowest BCUT2D eigenvalue weighted by molar-refractivity contribution is 0.498. The first-order valence-electron chi connectivity index (χ1n) is 6.69. The maximum Gasteiger partial charge on any atom is 0.0639 e. The van der Waals surface area contributed by atoms with Gasteiger partial charge in [0.25, 0.3) is 0 Å². The standard InChI is InChI=1S/C15H23Cl2N/c1-11(2)7-4-5-10-18-12(3)13-8-6-9-14(16)15(13)17/h6,8-9,11-12,18H,4-5,7,10H2,1-3H3. The third-order valence-corrected chi connectivity index (χ3v) is 3.94. The van der Waals surface area contributed by atoms with Crippen LogP contribution in [-0.2, 0) is 0 Å². The highest BCUT2D eigenvalue weighted by molar-refractivity contribution is 6.42. The van der Waals surface area contributed by atoms with E-state index in [1.807, 2.05) is 18.2 Å². The third-order valence-electron chi connectivity index (χ3n) is 3.11. The van der Waals surface area contributed by atoms with Gasteiger partial charge in [0.1, 0.15) is 0 Å². The smallest absolute Gasteiger partial charge is 0.0639 e. The molecule has 0 saturated heterocycles. The van der Waals surface area contributed by atoms with E-state index in [2.05, 4.69) is 26.1 Å². The van der Waals surface area contributed by atoms with Crippen LogP contribution in [0.15, 0.2) is 18.2 Å². The second-order valence-electron chi connectivity index (χ2n) is 5.21. The van der Waals surface area contributed by atoms with Gasteiger partial charge in [-0.15, -0.1) is 0 Å². The topological polar surface area (TPSA) is 12.0 Å². The fourth-order valence-electron chi connectivity index (χ4n) is 1.96. The predicted octanol–water partition coefficient (Wildman–Crippen LogP) is 5.47. The van der Waals surface area contributed by atoms with Crippen LogP contribution in [0.5, 0.6) is 0 Å². The van der Waals surface area contributed by atoms with Crippen LogP contribution in [0.4, 0.5) is 0 Å². The van der Waals surface area contributed by atoms with Gasteiger partial charge in [-0.05, 0) is 37.4 Å². The second-order valence-corrected chi connectivity index (χ2v) is 5.99. The van der Waals surface area contributed by atoms with Gasteiger partial charge in [0.05, 0.1) is 10.0 Å². The average Bonchev–Trinajstić information content (AvgIpc) is 2.31. The fourth-order valence-corrected chi connectivity index (χ4v) is 2.43. The Morgan fingerprint density at radius 1 is 1.11 bits per heavy atom. The minimum Gasteiger partial charge on any atom is -0.310 e. The molecule has 3 heteroatoms. The molecule has 0 aliphatic carbocycles. The highest BCUT2D eigenvalue weighted by Crippen LogP contribution is 2.29. The first-order chi connectivity index (χ1) is 8.52. The van der Waals surface area contributed by atoms with Crippen LogP contribution in [0, 0.1) is 5.92 Å². The second kappa shape index (κ2) is 8.04.